The van der Waals surface area contributed by atoms with Crippen LogP contribution in [0.2, 0.25) is 0 Å². The van der Waals surface area contributed by atoms with Crippen LogP contribution in [-0.2, 0) is 0 Å². The molecule has 0 aliphatic heterocycles. The first kappa shape index (κ1) is 9.83. The summed E-state index contributed by atoms with van der Waals surface area (Å²) in [6, 6.07) is 0. The molecule has 0 heteroatoms. The van der Waals surface area contributed by atoms with Gasteiger partial charge in [0.15, 0.2) is 0 Å². The van der Waals surface area contributed by atoms with Crippen molar-refractivity contribution in [2.24, 2.45) is 10.8 Å². The Morgan fingerprint density at radius 1 is 1.00 bits per heavy atom. The molecule has 0 N–H and O–H groups in total. The molecule has 0 amide bonds. The summed E-state index contributed by atoms with van der Waals surface area (Å²) in [6.45, 7) is 4.72. The highest BCUT2D eigenvalue weighted by Crippen LogP contribution is 2.52. The minimum atomic E-state index is 0. The van der Waals surface area contributed by atoms with Gasteiger partial charge in [-0.05, 0) is 30.1 Å². The van der Waals surface area contributed by atoms with Gasteiger partial charge in [-0.15, -0.1) is 0 Å². The third-order valence-electron chi connectivity index (χ3n) is 3.30. The molecule has 0 aromatic carbocycles. The smallest absolute Gasteiger partial charge is 0.0110 e. The largest absolute Gasteiger partial charge is 0.0823 e. The summed E-state index contributed by atoms with van der Waals surface area (Å²) in [5.41, 5.74) is 1.13. The predicted molar refractivity (Wildman–Crippen MR) is 55.2 cm³/mol. The molecule has 0 aromatic heterocycles. The monoisotopic (exact) mass is 166 g/mol. The third-order valence-corrected chi connectivity index (χ3v) is 3.30. The van der Waals surface area contributed by atoms with Crippen LogP contribution >= 0.6 is 0 Å². The maximum absolute atomic E-state index is 2.50. The minimum absolute atomic E-state index is 0. The Kier molecular flexibility index (Phi) is 2.38. The zero-order valence-electron chi connectivity index (χ0n) is 7.69. The molecule has 2 aliphatic rings. The fourth-order valence-corrected chi connectivity index (χ4v) is 2.85. The Hall–Kier alpha value is -0.260. The van der Waals surface area contributed by atoms with Crippen LogP contribution < -0.4 is 0 Å². The molecule has 0 saturated heterocycles. The van der Waals surface area contributed by atoms with Crippen LogP contribution in [0, 0.1) is 10.8 Å². The second-order valence-electron chi connectivity index (χ2n) is 5.07. The van der Waals surface area contributed by atoms with Gasteiger partial charge in [0.25, 0.3) is 0 Å². The van der Waals surface area contributed by atoms with Gasteiger partial charge in [0, 0.05) is 0 Å². The molecule has 0 nitrogen and oxygen atoms in total. The molecule has 1 saturated carbocycles. The topological polar surface area (TPSA) is 0 Å². The second-order valence-corrected chi connectivity index (χ2v) is 5.07. The van der Waals surface area contributed by atoms with Crippen molar-refractivity contribution in [3.05, 3.63) is 12.2 Å². The van der Waals surface area contributed by atoms with E-state index in [1.54, 1.807) is 0 Å². The number of hydrogen-bond acceptors (Lipinski definition) is 0. The van der Waals surface area contributed by atoms with Crippen molar-refractivity contribution in [3.8, 4) is 0 Å². The van der Waals surface area contributed by atoms with Gasteiger partial charge in [0.2, 0.25) is 0 Å². The Morgan fingerprint density at radius 3 is 2.00 bits per heavy atom. The Bertz CT molecular complexity index is 180. The van der Waals surface area contributed by atoms with Crippen LogP contribution in [0.5, 0.6) is 0 Å². The summed E-state index contributed by atoms with van der Waals surface area (Å²) in [7, 11) is 0. The summed E-state index contributed by atoms with van der Waals surface area (Å²) >= 11 is 0. The van der Waals surface area contributed by atoms with Crippen LogP contribution in [0.15, 0.2) is 12.2 Å². The summed E-state index contributed by atoms with van der Waals surface area (Å²) in [6.07, 6.45) is 12.2. The highest BCUT2D eigenvalue weighted by molar-refractivity contribution is 5.15. The molecule has 2 rings (SSSR count). The Labute approximate surface area is 77.1 Å². The lowest BCUT2D eigenvalue weighted by molar-refractivity contribution is 0.291. The Morgan fingerprint density at radius 2 is 1.58 bits per heavy atom. The molecule has 12 heavy (non-hydrogen) atoms. The SMILES string of the molecule is C.CC1(C)C=CC2(CCCC2)C1. The first-order chi connectivity index (χ1) is 5.12. The van der Waals surface area contributed by atoms with Crippen LogP contribution in [0.4, 0.5) is 0 Å². The quantitative estimate of drug-likeness (QED) is 0.474. The van der Waals surface area contributed by atoms with E-state index in [2.05, 4.69) is 26.0 Å². The number of hydrogen-bond donors (Lipinski definition) is 0. The van der Waals surface area contributed by atoms with Crippen LogP contribution in [0.3, 0.4) is 0 Å². The number of rotatable bonds is 0. The van der Waals surface area contributed by atoms with Crippen LogP contribution in [0.25, 0.3) is 0 Å². The van der Waals surface area contributed by atoms with E-state index in [9.17, 15) is 0 Å². The van der Waals surface area contributed by atoms with Gasteiger partial charge in [-0.1, -0.05) is 46.3 Å². The third kappa shape index (κ3) is 1.57. The van der Waals surface area contributed by atoms with Crippen molar-refractivity contribution in [2.75, 3.05) is 0 Å². The molecule has 1 spiro atoms. The predicted octanol–water partition coefficient (Wildman–Crippen LogP) is 4.17. The minimum Gasteiger partial charge on any atom is -0.0823 e. The first-order valence-electron chi connectivity index (χ1n) is 4.82. The molecule has 1 fully saturated rings. The van der Waals surface area contributed by atoms with Gasteiger partial charge in [0.1, 0.15) is 0 Å². The summed E-state index contributed by atoms with van der Waals surface area (Å²) in [5, 5.41) is 0. The first-order valence-corrected chi connectivity index (χ1v) is 4.82. The van der Waals surface area contributed by atoms with Crippen LogP contribution in [-0.4, -0.2) is 0 Å². The van der Waals surface area contributed by atoms with E-state index >= 15 is 0 Å². The van der Waals surface area contributed by atoms with E-state index < -0.39 is 0 Å². The van der Waals surface area contributed by atoms with Gasteiger partial charge in [-0.25, -0.2) is 0 Å². The van der Waals surface area contributed by atoms with Crippen molar-refractivity contribution < 1.29 is 0 Å². The summed E-state index contributed by atoms with van der Waals surface area (Å²) < 4.78 is 0. The summed E-state index contributed by atoms with van der Waals surface area (Å²) in [4.78, 5) is 0. The maximum atomic E-state index is 2.50. The van der Waals surface area contributed by atoms with Gasteiger partial charge < -0.3 is 0 Å². The molecular formula is C12H22. The zero-order valence-corrected chi connectivity index (χ0v) is 7.69. The molecule has 0 unspecified atom stereocenters. The highest BCUT2D eigenvalue weighted by Gasteiger charge is 2.39. The van der Waals surface area contributed by atoms with E-state index in [0.717, 1.165) is 0 Å². The summed E-state index contributed by atoms with van der Waals surface area (Å²) in [5.74, 6) is 0. The lowest BCUT2D eigenvalue weighted by Gasteiger charge is -2.25. The molecule has 0 radical (unpaired) electrons. The van der Waals surface area contributed by atoms with Gasteiger partial charge in [0.05, 0.1) is 0 Å². The standard InChI is InChI=1S/C11H18.CH4/c1-10(2)7-8-11(9-10)5-3-4-6-11;/h7-8H,3-6,9H2,1-2H3;1H4. The van der Waals surface area contributed by atoms with E-state index in [0.29, 0.717) is 10.8 Å². The van der Waals surface area contributed by atoms with E-state index in [1.807, 2.05) is 0 Å². The lowest BCUT2D eigenvalue weighted by Crippen LogP contribution is -2.15. The van der Waals surface area contributed by atoms with Gasteiger partial charge >= 0.3 is 0 Å². The van der Waals surface area contributed by atoms with Gasteiger partial charge in [-0.2, -0.15) is 0 Å². The lowest BCUT2D eigenvalue weighted by atomic mass is 9.79. The fourth-order valence-electron chi connectivity index (χ4n) is 2.85. The second kappa shape index (κ2) is 2.90. The number of allylic oxidation sites excluding steroid dienone is 2. The molecule has 0 aromatic rings. The van der Waals surface area contributed by atoms with Crippen molar-refractivity contribution >= 4 is 0 Å². The average molecular weight is 166 g/mol. The molecule has 70 valence electrons. The average Bonchev–Trinajstić information content (AvgIpc) is 2.43. The van der Waals surface area contributed by atoms with E-state index in [1.165, 1.54) is 32.1 Å². The van der Waals surface area contributed by atoms with E-state index in [-0.39, 0.29) is 7.43 Å². The van der Waals surface area contributed by atoms with E-state index in [4.69, 9.17) is 0 Å². The fraction of sp³-hybridized carbons (Fsp3) is 0.833. The van der Waals surface area contributed by atoms with Crippen molar-refractivity contribution in [3.63, 3.8) is 0 Å². The molecule has 0 heterocycles. The van der Waals surface area contributed by atoms with Crippen LogP contribution in [0.1, 0.15) is 53.4 Å². The molecule has 2 aliphatic carbocycles. The normalized spacial score (nSPS) is 29.2. The van der Waals surface area contributed by atoms with Crippen molar-refractivity contribution in [1.29, 1.82) is 0 Å². The zero-order chi connectivity index (χ0) is 7.95. The Balaban J connectivity index is 0.000000720. The van der Waals surface area contributed by atoms with Crippen molar-refractivity contribution in [1.82, 2.24) is 0 Å². The van der Waals surface area contributed by atoms with Crippen molar-refractivity contribution in [2.45, 2.75) is 53.4 Å². The van der Waals surface area contributed by atoms with Gasteiger partial charge in [-0.3, -0.25) is 0 Å². The highest BCUT2D eigenvalue weighted by atomic mass is 14.4. The molecule has 0 bridgehead atoms. The maximum Gasteiger partial charge on any atom is -0.0110 e. The molecular weight excluding hydrogens is 144 g/mol. The molecule has 0 atom stereocenters.